The predicted molar refractivity (Wildman–Crippen MR) is 94.6 cm³/mol. The van der Waals surface area contributed by atoms with Crippen LogP contribution < -0.4 is 9.13 Å². The first-order valence-corrected chi connectivity index (χ1v) is 8.49. The molecule has 3 aromatic heterocycles. The molecule has 3 heterocycles. The maximum atomic E-state index is 8.63. The van der Waals surface area contributed by atoms with Crippen molar-refractivity contribution in [3.8, 4) is 0 Å². The fourth-order valence-corrected chi connectivity index (χ4v) is 3.56. The molecule has 0 aliphatic rings. The van der Waals surface area contributed by atoms with Crippen molar-refractivity contribution in [3.05, 3.63) is 82.1 Å². The lowest BCUT2D eigenvalue weighted by atomic mass is 10.3. The first-order valence-electron chi connectivity index (χ1n) is 7.67. The molecular weight excluding hydrogens is 336 g/mol. The van der Waals surface area contributed by atoms with E-state index in [2.05, 4.69) is 31.6 Å². The van der Waals surface area contributed by atoms with Crippen molar-refractivity contribution >= 4 is 23.8 Å². The Bertz CT molecular complexity index is 833. The molecule has 0 amide bonds. The van der Waals surface area contributed by atoms with Crippen LogP contribution in [0.4, 0.5) is 0 Å². The lowest BCUT2D eigenvalue weighted by molar-refractivity contribution is -0.688. The van der Waals surface area contributed by atoms with Crippen molar-refractivity contribution in [2.24, 2.45) is 10.3 Å². The third kappa shape index (κ3) is 4.71. The number of hydrogen-bond donors (Lipinski definition) is 2. The van der Waals surface area contributed by atoms with Gasteiger partial charge in [0, 0.05) is 12.1 Å². The summed E-state index contributed by atoms with van der Waals surface area (Å²) in [5.74, 6) is 0. The highest BCUT2D eigenvalue weighted by atomic mass is 32.1. The second-order valence-corrected chi connectivity index (χ2v) is 6.73. The predicted octanol–water partition coefficient (Wildman–Crippen LogP) is 2.04. The maximum absolute atomic E-state index is 8.63. The third-order valence-corrected chi connectivity index (χ3v) is 4.62. The molecule has 0 aliphatic carbocycles. The fourth-order valence-electron chi connectivity index (χ4n) is 2.52. The van der Waals surface area contributed by atoms with E-state index in [1.165, 1.54) is 22.2 Å². The molecule has 3 rings (SSSR count). The van der Waals surface area contributed by atoms with Crippen LogP contribution in [-0.2, 0) is 13.1 Å². The van der Waals surface area contributed by atoms with E-state index in [1.54, 1.807) is 11.3 Å². The third-order valence-electron chi connectivity index (χ3n) is 3.57. The zero-order valence-corrected chi connectivity index (χ0v) is 14.3. The first kappa shape index (κ1) is 16.8. The minimum atomic E-state index is 0.764. The van der Waals surface area contributed by atoms with Gasteiger partial charge in [-0.3, -0.25) is 0 Å². The fraction of sp³-hybridized carbons (Fsp3) is 0.111. The molecule has 0 saturated carbocycles. The number of nitrogens with zero attached hydrogens (tertiary/aromatic N) is 4. The van der Waals surface area contributed by atoms with E-state index >= 15 is 0 Å². The molecule has 0 saturated heterocycles. The van der Waals surface area contributed by atoms with Crippen LogP contribution in [0.25, 0.3) is 0 Å². The zero-order chi connectivity index (χ0) is 17.5. The van der Waals surface area contributed by atoms with Crippen molar-refractivity contribution < 1.29 is 19.5 Å². The van der Waals surface area contributed by atoms with Crippen molar-refractivity contribution in [2.45, 2.75) is 13.1 Å². The molecule has 126 valence electrons. The Morgan fingerprint density at radius 3 is 1.72 bits per heavy atom. The van der Waals surface area contributed by atoms with Crippen LogP contribution in [0.1, 0.15) is 20.9 Å². The molecule has 0 bridgehead atoms. The highest BCUT2D eigenvalue weighted by molar-refractivity contribution is 7.11. The van der Waals surface area contributed by atoms with Gasteiger partial charge in [0.1, 0.15) is 0 Å². The van der Waals surface area contributed by atoms with E-state index in [0.29, 0.717) is 0 Å². The molecule has 0 fully saturated rings. The van der Waals surface area contributed by atoms with E-state index in [-0.39, 0.29) is 0 Å². The lowest BCUT2D eigenvalue weighted by Gasteiger charge is -1.96. The Morgan fingerprint density at radius 2 is 1.28 bits per heavy atom. The number of oxime groups is 2. The van der Waals surface area contributed by atoms with Crippen LogP contribution in [0.2, 0.25) is 0 Å². The van der Waals surface area contributed by atoms with Gasteiger partial charge in [0.05, 0.1) is 33.3 Å². The minimum absolute atomic E-state index is 0.764. The average molecular weight is 354 g/mol. The Kier molecular flexibility index (Phi) is 5.48. The standard InChI is InChI=1S/C18H16N4O2S/c23-19-9-15-3-1-7-21(11-15)13-17-5-6-18(25-17)14-22-8-2-4-16(12-22)10-20-24/h1-12H,13-14H2/p+2/b19-9+,20-10+. The highest BCUT2D eigenvalue weighted by Gasteiger charge is 2.10. The second kappa shape index (κ2) is 8.16. The summed E-state index contributed by atoms with van der Waals surface area (Å²) in [6.45, 7) is 1.53. The zero-order valence-electron chi connectivity index (χ0n) is 13.4. The molecule has 0 aliphatic heterocycles. The lowest BCUT2D eigenvalue weighted by Crippen LogP contribution is -2.33. The number of pyridine rings is 2. The molecule has 0 unspecified atom stereocenters. The number of hydrogen-bond acceptors (Lipinski definition) is 5. The number of thiophene rings is 1. The quantitative estimate of drug-likeness (QED) is 0.308. The second-order valence-electron chi connectivity index (χ2n) is 5.48. The average Bonchev–Trinajstić information content (AvgIpc) is 3.03. The van der Waals surface area contributed by atoms with E-state index < -0.39 is 0 Å². The Hall–Kier alpha value is -3.06. The van der Waals surface area contributed by atoms with Crippen LogP contribution in [-0.4, -0.2) is 22.8 Å². The summed E-state index contributed by atoms with van der Waals surface area (Å²) in [5, 5.41) is 23.4. The van der Waals surface area contributed by atoms with Crippen molar-refractivity contribution in [1.82, 2.24) is 0 Å². The molecule has 6 nitrogen and oxygen atoms in total. The summed E-state index contributed by atoms with van der Waals surface area (Å²) in [5.41, 5.74) is 1.69. The molecule has 7 heteroatoms. The summed E-state index contributed by atoms with van der Waals surface area (Å²) < 4.78 is 4.11. The van der Waals surface area contributed by atoms with Gasteiger partial charge in [-0.05, 0) is 24.3 Å². The van der Waals surface area contributed by atoms with Crippen molar-refractivity contribution in [3.63, 3.8) is 0 Å². The van der Waals surface area contributed by atoms with Gasteiger partial charge < -0.3 is 10.4 Å². The Morgan fingerprint density at radius 1 is 0.800 bits per heavy atom. The highest BCUT2D eigenvalue weighted by Crippen LogP contribution is 2.16. The van der Waals surface area contributed by atoms with E-state index in [0.717, 1.165) is 24.2 Å². The largest absolute Gasteiger partial charge is 0.411 e. The van der Waals surface area contributed by atoms with Gasteiger partial charge in [0.25, 0.3) is 0 Å². The van der Waals surface area contributed by atoms with Crippen LogP contribution in [0, 0.1) is 0 Å². The smallest absolute Gasteiger partial charge is 0.182 e. The van der Waals surface area contributed by atoms with Crippen LogP contribution in [0.5, 0.6) is 0 Å². The van der Waals surface area contributed by atoms with Gasteiger partial charge in [-0.25, -0.2) is 0 Å². The van der Waals surface area contributed by atoms with Gasteiger partial charge >= 0.3 is 0 Å². The van der Waals surface area contributed by atoms with Crippen molar-refractivity contribution in [2.75, 3.05) is 0 Å². The summed E-state index contributed by atoms with van der Waals surface area (Å²) >= 11 is 1.75. The summed E-state index contributed by atoms with van der Waals surface area (Å²) in [6, 6.07) is 11.9. The van der Waals surface area contributed by atoms with Crippen LogP contribution in [0.3, 0.4) is 0 Å². The Labute approximate surface area is 149 Å². The molecule has 3 aromatic rings. The van der Waals surface area contributed by atoms with Crippen LogP contribution >= 0.6 is 11.3 Å². The molecule has 0 radical (unpaired) electrons. The summed E-state index contributed by atoms with van der Waals surface area (Å²) in [4.78, 5) is 2.48. The van der Waals surface area contributed by atoms with Gasteiger partial charge in [-0.15, -0.1) is 11.3 Å². The van der Waals surface area contributed by atoms with Gasteiger partial charge in [-0.2, -0.15) is 9.13 Å². The van der Waals surface area contributed by atoms with E-state index in [9.17, 15) is 0 Å². The summed E-state index contributed by atoms with van der Waals surface area (Å²) in [6.07, 6.45) is 10.7. The van der Waals surface area contributed by atoms with Crippen LogP contribution in [0.15, 0.2) is 71.5 Å². The van der Waals surface area contributed by atoms with E-state index in [1.807, 2.05) is 49.1 Å². The summed E-state index contributed by atoms with van der Waals surface area (Å²) in [7, 11) is 0. The normalized spacial score (nSPS) is 11.5. The minimum Gasteiger partial charge on any atom is -0.411 e. The van der Waals surface area contributed by atoms with Gasteiger partial charge in [0.2, 0.25) is 0 Å². The molecule has 2 N–H and O–H groups in total. The maximum Gasteiger partial charge on any atom is 0.182 e. The molecular formula is C18H18N4O2S+2. The molecule has 0 atom stereocenters. The molecule has 25 heavy (non-hydrogen) atoms. The topological polar surface area (TPSA) is 72.9 Å². The number of aromatic nitrogens is 2. The monoisotopic (exact) mass is 354 g/mol. The van der Waals surface area contributed by atoms with E-state index in [4.69, 9.17) is 10.4 Å². The number of rotatable bonds is 6. The first-order chi connectivity index (χ1) is 12.3. The molecule has 0 aromatic carbocycles. The van der Waals surface area contributed by atoms with Gasteiger partial charge in [-0.1, -0.05) is 10.3 Å². The SMILES string of the molecule is O/N=C/c1ccc[n+](Cc2ccc(C[n+]3cccc(/C=N/O)c3)s2)c1. The van der Waals surface area contributed by atoms with Gasteiger partial charge in [0.15, 0.2) is 37.9 Å². The Balaban J connectivity index is 1.70. The van der Waals surface area contributed by atoms with Crippen molar-refractivity contribution in [1.29, 1.82) is 0 Å². The molecule has 0 spiro atoms.